The number of carbonyl (C=O) groups is 1. The first kappa shape index (κ1) is 11.0. The summed E-state index contributed by atoms with van der Waals surface area (Å²) in [5.41, 5.74) is 0. The van der Waals surface area contributed by atoms with Crippen molar-refractivity contribution in [1.82, 2.24) is 5.16 Å². The minimum atomic E-state index is -0.725. The van der Waals surface area contributed by atoms with Crippen LogP contribution in [0.3, 0.4) is 0 Å². The molecular formula is C11H16N2O3. The van der Waals surface area contributed by atoms with Gasteiger partial charge in [-0.05, 0) is 26.7 Å². The number of carboxylic acids is 1. The molecule has 1 aromatic rings. The molecular weight excluding hydrogens is 208 g/mol. The molecule has 16 heavy (non-hydrogen) atoms. The average molecular weight is 224 g/mol. The van der Waals surface area contributed by atoms with Gasteiger partial charge < -0.3 is 14.5 Å². The van der Waals surface area contributed by atoms with Crippen molar-refractivity contribution in [3.8, 4) is 0 Å². The molecule has 0 aromatic carbocycles. The van der Waals surface area contributed by atoms with Crippen molar-refractivity contribution in [2.45, 2.75) is 32.7 Å². The van der Waals surface area contributed by atoms with Gasteiger partial charge >= 0.3 is 5.97 Å². The molecule has 1 saturated heterocycles. The van der Waals surface area contributed by atoms with Gasteiger partial charge in [-0.1, -0.05) is 5.16 Å². The highest BCUT2D eigenvalue weighted by Gasteiger charge is 2.34. The lowest BCUT2D eigenvalue weighted by Crippen LogP contribution is -2.46. The number of aromatic nitrogens is 1. The van der Waals surface area contributed by atoms with Crippen LogP contribution in [0.2, 0.25) is 0 Å². The van der Waals surface area contributed by atoms with Crippen LogP contribution in [0.15, 0.2) is 10.6 Å². The van der Waals surface area contributed by atoms with E-state index in [2.05, 4.69) is 5.16 Å². The summed E-state index contributed by atoms with van der Waals surface area (Å²) in [6.07, 6.45) is 1.62. The topological polar surface area (TPSA) is 66.6 Å². The van der Waals surface area contributed by atoms with Crippen molar-refractivity contribution < 1.29 is 14.4 Å². The summed E-state index contributed by atoms with van der Waals surface area (Å²) in [5, 5.41) is 13.0. The number of carboxylic acid groups (broad SMARTS) is 1. The molecule has 2 atom stereocenters. The first-order valence-electron chi connectivity index (χ1n) is 5.52. The Morgan fingerprint density at radius 3 is 3.00 bits per heavy atom. The molecule has 0 radical (unpaired) electrons. The highest BCUT2D eigenvalue weighted by atomic mass is 16.5. The first-order chi connectivity index (χ1) is 7.59. The summed E-state index contributed by atoms with van der Waals surface area (Å²) in [7, 11) is 0. The van der Waals surface area contributed by atoms with Crippen molar-refractivity contribution in [1.29, 1.82) is 0 Å². The summed E-state index contributed by atoms with van der Waals surface area (Å²) in [6, 6.07) is 1.82. The number of anilines is 1. The fourth-order valence-corrected chi connectivity index (χ4v) is 2.29. The third kappa shape index (κ3) is 1.89. The predicted octanol–water partition coefficient (Wildman–Crippen LogP) is 1.67. The van der Waals surface area contributed by atoms with Crippen LogP contribution < -0.4 is 4.90 Å². The van der Waals surface area contributed by atoms with Gasteiger partial charge in [0, 0.05) is 18.7 Å². The zero-order valence-corrected chi connectivity index (χ0v) is 9.51. The third-order valence-electron chi connectivity index (χ3n) is 3.22. The predicted molar refractivity (Wildman–Crippen MR) is 58.4 cm³/mol. The van der Waals surface area contributed by atoms with Gasteiger partial charge in [-0.2, -0.15) is 0 Å². The molecule has 0 spiro atoms. The zero-order valence-electron chi connectivity index (χ0n) is 9.51. The number of hydrogen-bond donors (Lipinski definition) is 1. The Hall–Kier alpha value is -1.52. The van der Waals surface area contributed by atoms with E-state index in [4.69, 9.17) is 9.63 Å². The van der Waals surface area contributed by atoms with Gasteiger partial charge in [0.1, 0.15) is 5.76 Å². The summed E-state index contributed by atoms with van der Waals surface area (Å²) in [6.45, 7) is 4.61. The molecule has 0 saturated carbocycles. The summed E-state index contributed by atoms with van der Waals surface area (Å²) in [5.74, 6) is 0.457. The van der Waals surface area contributed by atoms with E-state index in [0.29, 0.717) is 0 Å². The highest BCUT2D eigenvalue weighted by Crippen LogP contribution is 2.28. The molecule has 1 aliphatic rings. The van der Waals surface area contributed by atoms with Crippen LogP contribution in [0.4, 0.5) is 5.82 Å². The van der Waals surface area contributed by atoms with E-state index in [9.17, 15) is 4.79 Å². The molecule has 0 unspecified atom stereocenters. The number of nitrogens with zero attached hydrogens (tertiary/aromatic N) is 2. The van der Waals surface area contributed by atoms with Crippen molar-refractivity contribution in [2.24, 2.45) is 5.92 Å². The van der Waals surface area contributed by atoms with Gasteiger partial charge in [0.15, 0.2) is 5.82 Å². The minimum Gasteiger partial charge on any atom is -0.481 e. The largest absolute Gasteiger partial charge is 0.481 e. The third-order valence-corrected chi connectivity index (χ3v) is 3.22. The van der Waals surface area contributed by atoms with Gasteiger partial charge in [-0.25, -0.2) is 0 Å². The molecule has 5 nitrogen and oxygen atoms in total. The van der Waals surface area contributed by atoms with Gasteiger partial charge in [-0.15, -0.1) is 0 Å². The van der Waals surface area contributed by atoms with Crippen molar-refractivity contribution in [3.63, 3.8) is 0 Å². The van der Waals surface area contributed by atoms with Crippen molar-refractivity contribution in [2.75, 3.05) is 11.4 Å². The molecule has 1 fully saturated rings. The Labute approximate surface area is 94.0 Å². The maximum atomic E-state index is 11.1. The quantitative estimate of drug-likeness (QED) is 0.827. The van der Waals surface area contributed by atoms with Gasteiger partial charge in [0.05, 0.1) is 5.92 Å². The maximum absolute atomic E-state index is 11.1. The van der Waals surface area contributed by atoms with Crippen LogP contribution >= 0.6 is 0 Å². The second kappa shape index (κ2) is 4.15. The Bertz CT molecular complexity index is 388. The molecule has 1 aliphatic heterocycles. The van der Waals surface area contributed by atoms with E-state index in [-0.39, 0.29) is 12.0 Å². The second-order valence-corrected chi connectivity index (χ2v) is 4.32. The monoisotopic (exact) mass is 224 g/mol. The zero-order chi connectivity index (χ0) is 11.7. The second-order valence-electron chi connectivity index (χ2n) is 4.32. The lowest BCUT2D eigenvalue weighted by Gasteiger charge is -2.37. The first-order valence-corrected chi connectivity index (χ1v) is 5.52. The Balaban J connectivity index is 2.18. The lowest BCUT2D eigenvalue weighted by molar-refractivity contribution is -0.143. The highest BCUT2D eigenvalue weighted by molar-refractivity contribution is 5.72. The van der Waals surface area contributed by atoms with Gasteiger partial charge in [0.2, 0.25) is 0 Å². The molecule has 88 valence electrons. The van der Waals surface area contributed by atoms with E-state index in [1.165, 1.54) is 0 Å². The Kier molecular flexibility index (Phi) is 2.85. The average Bonchev–Trinajstić information content (AvgIpc) is 2.64. The van der Waals surface area contributed by atoms with E-state index in [1.54, 1.807) is 0 Å². The fourth-order valence-electron chi connectivity index (χ4n) is 2.29. The molecule has 0 bridgehead atoms. The smallest absolute Gasteiger partial charge is 0.308 e. The van der Waals surface area contributed by atoms with Crippen LogP contribution in [0.25, 0.3) is 0 Å². The van der Waals surface area contributed by atoms with E-state index < -0.39 is 5.97 Å². The number of aryl methyl sites for hydroxylation is 1. The van der Waals surface area contributed by atoms with Crippen LogP contribution in [-0.2, 0) is 4.79 Å². The fraction of sp³-hybridized carbons (Fsp3) is 0.636. The van der Waals surface area contributed by atoms with Gasteiger partial charge in [0.25, 0.3) is 0 Å². The molecule has 5 heteroatoms. The normalized spacial score (nSPS) is 25.8. The number of aliphatic carboxylic acids is 1. The minimum absolute atomic E-state index is 0.0317. The number of hydrogen-bond acceptors (Lipinski definition) is 4. The number of rotatable bonds is 2. The Morgan fingerprint density at radius 2 is 2.44 bits per heavy atom. The molecule has 0 aliphatic carbocycles. The van der Waals surface area contributed by atoms with Crippen molar-refractivity contribution in [3.05, 3.63) is 11.8 Å². The summed E-state index contributed by atoms with van der Waals surface area (Å²) in [4.78, 5) is 13.1. The molecule has 2 rings (SSSR count). The van der Waals surface area contributed by atoms with Crippen LogP contribution in [0.1, 0.15) is 25.5 Å². The van der Waals surface area contributed by atoms with Crippen LogP contribution in [-0.4, -0.2) is 28.8 Å². The standard InChI is InChI=1S/C11H16N2O3/c1-7-6-10(12-16-7)13-5-3-4-9(8(13)2)11(14)15/h6,8-9H,3-5H2,1-2H3,(H,14,15)/t8-,9+/m1/s1. The Morgan fingerprint density at radius 1 is 1.69 bits per heavy atom. The molecule has 1 N–H and O–H groups in total. The number of piperidine rings is 1. The van der Waals surface area contributed by atoms with E-state index in [1.807, 2.05) is 24.8 Å². The molecule has 1 aromatic heterocycles. The lowest BCUT2D eigenvalue weighted by atomic mass is 9.90. The SMILES string of the molecule is Cc1cc(N2CCC[C@H](C(=O)O)[C@H]2C)no1. The molecule has 0 amide bonds. The van der Waals surface area contributed by atoms with Crippen LogP contribution in [0.5, 0.6) is 0 Å². The van der Waals surface area contributed by atoms with Gasteiger partial charge in [-0.3, -0.25) is 4.79 Å². The van der Waals surface area contributed by atoms with Crippen LogP contribution in [0, 0.1) is 12.8 Å². The maximum Gasteiger partial charge on any atom is 0.308 e. The van der Waals surface area contributed by atoms with E-state index in [0.717, 1.165) is 31.0 Å². The molecule has 2 heterocycles. The summed E-state index contributed by atoms with van der Waals surface area (Å²) >= 11 is 0. The van der Waals surface area contributed by atoms with Crippen molar-refractivity contribution >= 4 is 11.8 Å². The van der Waals surface area contributed by atoms with E-state index >= 15 is 0 Å². The summed E-state index contributed by atoms with van der Waals surface area (Å²) < 4.78 is 5.02.